The number of hydrogen-bond acceptors (Lipinski definition) is 8. The molecule has 0 saturated heterocycles. The first-order valence-corrected chi connectivity index (χ1v) is 10.8. The number of urea groups is 1. The SMILES string of the molecule is CCNC(=O)Nc1ccc(Oc2ncnc3cc(OCCn4ccnn4)c(OC)cc23)cc1Cl. The second-order valence-electron chi connectivity index (χ2n) is 6.94. The van der Waals surface area contributed by atoms with Gasteiger partial charge in [-0.05, 0) is 25.1 Å². The Labute approximate surface area is 200 Å². The van der Waals surface area contributed by atoms with Crippen molar-refractivity contribution in [3.63, 3.8) is 0 Å². The minimum Gasteiger partial charge on any atom is -0.493 e. The van der Waals surface area contributed by atoms with Gasteiger partial charge in [-0.1, -0.05) is 16.8 Å². The van der Waals surface area contributed by atoms with Crippen LogP contribution in [0.4, 0.5) is 10.5 Å². The summed E-state index contributed by atoms with van der Waals surface area (Å²) >= 11 is 6.31. The van der Waals surface area contributed by atoms with Crippen LogP contribution in [0.1, 0.15) is 6.92 Å². The Morgan fingerprint density at radius 2 is 2.06 bits per heavy atom. The second-order valence-corrected chi connectivity index (χ2v) is 7.35. The number of carbonyl (C=O) groups is 1. The standard InChI is InChI=1S/C22H22ClN7O4/c1-3-24-22(31)28-17-5-4-14(10-16(17)23)34-21-15-11-19(32-2)20(12-18(15)25-13-26-21)33-9-8-30-7-6-27-29-30/h4-7,10-13H,3,8-9H2,1-2H3,(H2,24,28,31). The highest BCUT2D eigenvalue weighted by Gasteiger charge is 2.14. The normalized spacial score (nSPS) is 10.7. The fourth-order valence-electron chi connectivity index (χ4n) is 3.09. The van der Waals surface area contributed by atoms with Gasteiger partial charge in [-0.25, -0.2) is 19.4 Å². The molecule has 12 heteroatoms. The molecule has 2 aromatic heterocycles. The number of carbonyl (C=O) groups excluding carboxylic acids is 1. The topological polar surface area (TPSA) is 125 Å². The van der Waals surface area contributed by atoms with Crippen LogP contribution in [0, 0.1) is 0 Å². The van der Waals surface area contributed by atoms with Crippen LogP contribution in [-0.2, 0) is 6.54 Å². The van der Waals surface area contributed by atoms with Crippen LogP contribution >= 0.6 is 11.6 Å². The highest BCUT2D eigenvalue weighted by Crippen LogP contribution is 2.37. The Morgan fingerprint density at radius 3 is 2.79 bits per heavy atom. The average molecular weight is 484 g/mol. The third kappa shape index (κ3) is 5.44. The first kappa shape index (κ1) is 23.1. The van der Waals surface area contributed by atoms with Crippen LogP contribution in [0.2, 0.25) is 5.02 Å². The number of aromatic nitrogens is 5. The number of benzene rings is 2. The van der Waals surface area contributed by atoms with Crippen LogP contribution in [-0.4, -0.2) is 51.3 Å². The summed E-state index contributed by atoms with van der Waals surface area (Å²) in [5, 5.41) is 14.0. The van der Waals surface area contributed by atoms with Gasteiger partial charge in [0.1, 0.15) is 18.7 Å². The van der Waals surface area contributed by atoms with Gasteiger partial charge in [0.15, 0.2) is 11.5 Å². The molecule has 0 aliphatic heterocycles. The van der Waals surface area contributed by atoms with Gasteiger partial charge in [-0.2, -0.15) is 0 Å². The molecule has 0 aliphatic rings. The number of amides is 2. The van der Waals surface area contributed by atoms with E-state index in [0.29, 0.717) is 64.4 Å². The van der Waals surface area contributed by atoms with Crippen molar-refractivity contribution < 1.29 is 19.0 Å². The van der Waals surface area contributed by atoms with E-state index in [9.17, 15) is 4.79 Å². The second kappa shape index (κ2) is 10.7. The number of nitrogens with one attached hydrogen (secondary N) is 2. The average Bonchev–Trinajstić information content (AvgIpc) is 3.34. The van der Waals surface area contributed by atoms with Crippen LogP contribution in [0.3, 0.4) is 0 Å². The maximum atomic E-state index is 11.7. The minimum atomic E-state index is -0.341. The summed E-state index contributed by atoms with van der Waals surface area (Å²) in [4.78, 5) is 20.3. The molecular weight excluding hydrogens is 462 g/mol. The van der Waals surface area contributed by atoms with Crippen molar-refractivity contribution in [1.29, 1.82) is 0 Å². The molecule has 0 spiro atoms. The molecular formula is C22H22ClN7O4. The molecule has 176 valence electrons. The summed E-state index contributed by atoms with van der Waals surface area (Å²) in [6, 6.07) is 8.10. The van der Waals surface area contributed by atoms with Gasteiger partial charge in [0.2, 0.25) is 5.88 Å². The molecule has 2 amide bonds. The van der Waals surface area contributed by atoms with Gasteiger partial charge < -0.3 is 24.8 Å². The number of halogens is 1. The number of fused-ring (bicyclic) bond motifs is 1. The lowest BCUT2D eigenvalue weighted by Gasteiger charge is -2.14. The van der Waals surface area contributed by atoms with Crippen LogP contribution in [0.15, 0.2) is 49.1 Å². The maximum Gasteiger partial charge on any atom is 0.319 e. The molecule has 0 aliphatic carbocycles. The van der Waals surface area contributed by atoms with Crippen LogP contribution in [0.25, 0.3) is 10.9 Å². The number of methoxy groups -OCH3 is 1. The zero-order valence-electron chi connectivity index (χ0n) is 18.5. The predicted molar refractivity (Wildman–Crippen MR) is 126 cm³/mol. The van der Waals surface area contributed by atoms with E-state index >= 15 is 0 Å². The van der Waals surface area contributed by atoms with Crippen molar-refractivity contribution in [2.75, 3.05) is 25.6 Å². The molecule has 0 unspecified atom stereocenters. The summed E-state index contributed by atoms with van der Waals surface area (Å²) in [7, 11) is 1.55. The lowest BCUT2D eigenvalue weighted by Crippen LogP contribution is -2.28. The van der Waals surface area contributed by atoms with Gasteiger partial charge in [0, 0.05) is 24.9 Å². The maximum absolute atomic E-state index is 11.7. The lowest BCUT2D eigenvalue weighted by molar-refractivity contribution is 0.252. The molecule has 2 N–H and O–H groups in total. The van der Waals surface area contributed by atoms with E-state index in [2.05, 4.69) is 30.9 Å². The molecule has 2 aromatic carbocycles. The lowest BCUT2D eigenvalue weighted by atomic mass is 10.2. The predicted octanol–water partition coefficient (Wildman–Crippen LogP) is 3.90. The molecule has 2 heterocycles. The highest BCUT2D eigenvalue weighted by molar-refractivity contribution is 6.33. The van der Waals surface area contributed by atoms with Gasteiger partial charge >= 0.3 is 6.03 Å². The van der Waals surface area contributed by atoms with E-state index in [1.54, 1.807) is 54.5 Å². The fourth-order valence-corrected chi connectivity index (χ4v) is 3.31. The van der Waals surface area contributed by atoms with Crippen molar-refractivity contribution in [2.24, 2.45) is 0 Å². The fraction of sp³-hybridized carbons (Fsp3) is 0.227. The molecule has 0 fully saturated rings. The number of ether oxygens (including phenoxy) is 3. The molecule has 4 aromatic rings. The van der Waals surface area contributed by atoms with Gasteiger partial charge in [-0.15, -0.1) is 5.10 Å². The Hall–Kier alpha value is -4.12. The molecule has 0 saturated carbocycles. The molecule has 4 rings (SSSR count). The van der Waals surface area contributed by atoms with Gasteiger partial charge in [0.05, 0.1) is 41.5 Å². The van der Waals surface area contributed by atoms with Gasteiger partial charge in [0.25, 0.3) is 0 Å². The third-order valence-electron chi connectivity index (χ3n) is 4.67. The largest absolute Gasteiger partial charge is 0.493 e. The van der Waals surface area contributed by atoms with Crippen molar-refractivity contribution in [2.45, 2.75) is 13.5 Å². The first-order valence-electron chi connectivity index (χ1n) is 10.4. The Bertz CT molecular complexity index is 1280. The van der Waals surface area contributed by atoms with E-state index in [4.69, 9.17) is 25.8 Å². The minimum absolute atomic E-state index is 0.318. The van der Waals surface area contributed by atoms with E-state index in [1.165, 1.54) is 6.33 Å². The Kier molecular flexibility index (Phi) is 7.23. The Balaban J connectivity index is 1.53. The number of anilines is 1. The monoisotopic (exact) mass is 483 g/mol. The zero-order chi connectivity index (χ0) is 23.9. The number of hydrogen-bond donors (Lipinski definition) is 2. The van der Waals surface area contributed by atoms with Crippen LogP contribution < -0.4 is 24.8 Å². The molecule has 11 nitrogen and oxygen atoms in total. The van der Waals surface area contributed by atoms with Crippen LogP contribution in [0.5, 0.6) is 23.1 Å². The number of nitrogens with zero attached hydrogens (tertiary/aromatic N) is 5. The summed E-state index contributed by atoms with van der Waals surface area (Å²) in [5.41, 5.74) is 1.07. The molecule has 34 heavy (non-hydrogen) atoms. The molecule has 0 bridgehead atoms. The smallest absolute Gasteiger partial charge is 0.319 e. The summed E-state index contributed by atoms with van der Waals surface area (Å²) in [6.07, 6.45) is 4.76. The van der Waals surface area contributed by atoms with Crippen molar-refractivity contribution in [1.82, 2.24) is 30.3 Å². The number of rotatable bonds is 9. The third-order valence-corrected chi connectivity index (χ3v) is 4.99. The summed E-state index contributed by atoms with van der Waals surface area (Å²) < 4.78 is 19.0. The molecule has 0 atom stereocenters. The van der Waals surface area contributed by atoms with Crippen molar-refractivity contribution in [3.05, 3.63) is 54.1 Å². The van der Waals surface area contributed by atoms with Gasteiger partial charge in [-0.3, -0.25) is 0 Å². The first-order chi connectivity index (χ1) is 16.6. The zero-order valence-corrected chi connectivity index (χ0v) is 19.2. The van der Waals surface area contributed by atoms with E-state index in [0.717, 1.165) is 0 Å². The quantitative estimate of drug-likeness (QED) is 0.367. The van der Waals surface area contributed by atoms with E-state index in [-0.39, 0.29) is 6.03 Å². The Morgan fingerprint density at radius 1 is 1.18 bits per heavy atom. The summed E-state index contributed by atoms with van der Waals surface area (Å²) in [6.45, 7) is 3.23. The van der Waals surface area contributed by atoms with E-state index < -0.39 is 0 Å². The highest BCUT2D eigenvalue weighted by atomic mass is 35.5. The molecule has 0 radical (unpaired) electrons. The summed E-state index contributed by atoms with van der Waals surface area (Å²) in [5.74, 6) is 1.80. The van der Waals surface area contributed by atoms with Crippen molar-refractivity contribution >= 4 is 34.2 Å². The van der Waals surface area contributed by atoms with E-state index in [1.807, 2.05) is 6.92 Å². The van der Waals surface area contributed by atoms with Crippen molar-refractivity contribution in [3.8, 4) is 23.1 Å².